The normalized spacial score (nSPS) is 16.0. The molecule has 3 N–H and O–H groups in total. The lowest BCUT2D eigenvalue weighted by molar-refractivity contribution is -0.384. The third kappa shape index (κ3) is 3.19. The zero-order chi connectivity index (χ0) is 13.8. The summed E-state index contributed by atoms with van der Waals surface area (Å²) in [6.45, 7) is 1.21. The highest BCUT2D eigenvalue weighted by molar-refractivity contribution is 5.99. The Labute approximate surface area is 109 Å². The van der Waals surface area contributed by atoms with Crippen molar-refractivity contribution in [2.45, 2.75) is 18.9 Å². The zero-order valence-corrected chi connectivity index (χ0v) is 10.3. The monoisotopic (exact) mass is 265 g/mol. The predicted molar refractivity (Wildman–Crippen MR) is 68.8 cm³/mol. The average molecular weight is 265 g/mol. The minimum atomic E-state index is -0.551. The molecular formula is C12H15N3O4. The Bertz CT molecular complexity index is 498. The van der Waals surface area contributed by atoms with Gasteiger partial charge in [0.1, 0.15) is 0 Å². The summed E-state index contributed by atoms with van der Waals surface area (Å²) in [4.78, 5) is 22.2. The minimum absolute atomic E-state index is 0.0277. The number of carbonyl (C=O) groups is 1. The number of ether oxygens (including phenoxy) is 1. The van der Waals surface area contributed by atoms with Crippen molar-refractivity contribution in [1.29, 1.82) is 0 Å². The highest BCUT2D eigenvalue weighted by atomic mass is 16.6. The third-order valence-electron chi connectivity index (χ3n) is 3.05. The van der Waals surface area contributed by atoms with Crippen LogP contribution in [0.4, 0.5) is 11.4 Å². The maximum Gasteiger partial charge on any atom is 0.270 e. The molecule has 1 fully saturated rings. The van der Waals surface area contributed by atoms with Crippen LogP contribution >= 0.6 is 0 Å². The number of benzene rings is 1. The van der Waals surface area contributed by atoms with E-state index in [0.29, 0.717) is 13.2 Å². The number of hydrogen-bond donors (Lipinski definition) is 2. The van der Waals surface area contributed by atoms with Gasteiger partial charge in [-0.2, -0.15) is 0 Å². The van der Waals surface area contributed by atoms with Gasteiger partial charge in [-0.3, -0.25) is 14.9 Å². The third-order valence-corrected chi connectivity index (χ3v) is 3.05. The van der Waals surface area contributed by atoms with Crippen LogP contribution in [0.3, 0.4) is 0 Å². The molecule has 7 nitrogen and oxygen atoms in total. The fraction of sp³-hybridized carbons (Fsp3) is 0.417. The van der Waals surface area contributed by atoms with Gasteiger partial charge < -0.3 is 15.8 Å². The Morgan fingerprint density at radius 2 is 2.11 bits per heavy atom. The molecule has 0 spiro atoms. The topological polar surface area (TPSA) is 107 Å². The van der Waals surface area contributed by atoms with Gasteiger partial charge in [-0.25, -0.2) is 0 Å². The summed E-state index contributed by atoms with van der Waals surface area (Å²) in [6, 6.07) is 3.88. The highest BCUT2D eigenvalue weighted by Gasteiger charge is 2.20. The van der Waals surface area contributed by atoms with Crippen LogP contribution in [0, 0.1) is 10.1 Å². The first-order chi connectivity index (χ1) is 9.08. The van der Waals surface area contributed by atoms with Gasteiger partial charge in [0.05, 0.1) is 10.5 Å². The number of nitrogens with one attached hydrogen (secondary N) is 1. The van der Waals surface area contributed by atoms with Crippen molar-refractivity contribution in [1.82, 2.24) is 5.32 Å². The van der Waals surface area contributed by atoms with Gasteiger partial charge >= 0.3 is 0 Å². The van der Waals surface area contributed by atoms with Crippen molar-refractivity contribution in [3.05, 3.63) is 33.9 Å². The first-order valence-electron chi connectivity index (χ1n) is 6.00. The summed E-state index contributed by atoms with van der Waals surface area (Å²) in [5.74, 6) is -0.381. The first kappa shape index (κ1) is 13.3. The first-order valence-corrected chi connectivity index (χ1v) is 6.00. The SMILES string of the molecule is Nc1ccc([N+](=O)[O-])cc1C(=O)NC1CCOCC1. The Morgan fingerprint density at radius 1 is 1.42 bits per heavy atom. The van der Waals surface area contributed by atoms with Crippen LogP contribution in [0.25, 0.3) is 0 Å². The summed E-state index contributed by atoms with van der Waals surface area (Å²) in [7, 11) is 0. The van der Waals surface area contributed by atoms with E-state index in [1.54, 1.807) is 0 Å². The van der Waals surface area contributed by atoms with E-state index in [2.05, 4.69) is 5.32 Å². The smallest absolute Gasteiger partial charge is 0.270 e. The number of nitro groups is 1. The number of nitro benzene ring substituents is 1. The van der Waals surface area contributed by atoms with Crippen LogP contribution in [0.1, 0.15) is 23.2 Å². The Morgan fingerprint density at radius 3 is 2.74 bits per heavy atom. The van der Waals surface area contributed by atoms with E-state index in [0.717, 1.165) is 12.8 Å². The average Bonchev–Trinajstić information content (AvgIpc) is 2.40. The Balaban J connectivity index is 2.13. The number of anilines is 1. The quantitative estimate of drug-likeness (QED) is 0.483. The molecule has 1 saturated heterocycles. The summed E-state index contributed by atoms with van der Waals surface area (Å²) in [6.07, 6.45) is 1.47. The van der Waals surface area contributed by atoms with Gasteiger partial charge in [-0.05, 0) is 18.9 Å². The molecule has 1 heterocycles. The predicted octanol–water partition coefficient (Wildman–Crippen LogP) is 1.09. The van der Waals surface area contributed by atoms with Gasteiger partial charge in [0.15, 0.2) is 0 Å². The van der Waals surface area contributed by atoms with Crippen LogP contribution < -0.4 is 11.1 Å². The molecule has 2 rings (SSSR count). The molecule has 1 aromatic carbocycles. The standard InChI is InChI=1S/C12H15N3O4/c13-11-2-1-9(15(17)18)7-10(11)12(16)14-8-3-5-19-6-4-8/h1-2,7-8H,3-6,13H2,(H,14,16). The number of carbonyl (C=O) groups excluding carboxylic acids is 1. The van der Waals surface area contributed by atoms with Crippen molar-refractivity contribution in [2.24, 2.45) is 0 Å². The summed E-state index contributed by atoms with van der Waals surface area (Å²) in [5, 5.41) is 13.5. The van der Waals surface area contributed by atoms with Crippen LogP contribution in [-0.2, 0) is 4.74 Å². The van der Waals surface area contributed by atoms with Gasteiger partial charge in [0.2, 0.25) is 0 Å². The number of hydrogen-bond acceptors (Lipinski definition) is 5. The maximum atomic E-state index is 12.1. The van der Waals surface area contributed by atoms with Gasteiger partial charge in [-0.1, -0.05) is 0 Å². The molecule has 0 unspecified atom stereocenters. The lowest BCUT2D eigenvalue weighted by Crippen LogP contribution is -2.39. The molecule has 0 aromatic heterocycles. The van der Waals surface area contributed by atoms with Crippen molar-refractivity contribution in [3.63, 3.8) is 0 Å². The largest absolute Gasteiger partial charge is 0.398 e. The molecule has 1 aliphatic rings. The number of amides is 1. The molecule has 7 heteroatoms. The number of nitrogens with two attached hydrogens (primary N) is 1. The molecule has 0 aliphatic carbocycles. The molecule has 1 aliphatic heterocycles. The Hall–Kier alpha value is -2.15. The van der Waals surface area contributed by atoms with Crippen LogP contribution in [-0.4, -0.2) is 30.1 Å². The molecule has 1 amide bonds. The number of nitrogens with zero attached hydrogens (tertiary/aromatic N) is 1. The van der Waals surface area contributed by atoms with Crippen LogP contribution in [0.5, 0.6) is 0 Å². The molecule has 0 bridgehead atoms. The Kier molecular flexibility index (Phi) is 3.96. The van der Waals surface area contributed by atoms with Crippen molar-refractivity contribution in [2.75, 3.05) is 18.9 Å². The van der Waals surface area contributed by atoms with Gasteiger partial charge in [-0.15, -0.1) is 0 Å². The molecule has 0 saturated carbocycles. The molecule has 0 atom stereocenters. The highest BCUT2D eigenvalue weighted by Crippen LogP contribution is 2.20. The van der Waals surface area contributed by atoms with Gasteiger partial charge in [0, 0.05) is 37.1 Å². The fourth-order valence-corrected chi connectivity index (χ4v) is 1.96. The lowest BCUT2D eigenvalue weighted by atomic mass is 10.1. The maximum absolute atomic E-state index is 12.1. The molecule has 1 aromatic rings. The van der Waals surface area contributed by atoms with E-state index in [-0.39, 0.29) is 28.9 Å². The van der Waals surface area contributed by atoms with E-state index in [1.807, 2.05) is 0 Å². The molecular weight excluding hydrogens is 250 g/mol. The van der Waals surface area contributed by atoms with Crippen LogP contribution in [0.2, 0.25) is 0 Å². The molecule has 0 radical (unpaired) electrons. The van der Waals surface area contributed by atoms with Crippen LogP contribution in [0.15, 0.2) is 18.2 Å². The zero-order valence-electron chi connectivity index (χ0n) is 10.3. The van der Waals surface area contributed by atoms with Crippen molar-refractivity contribution < 1.29 is 14.5 Å². The second-order valence-corrected chi connectivity index (χ2v) is 4.39. The van der Waals surface area contributed by atoms with Crippen molar-refractivity contribution >= 4 is 17.3 Å². The summed E-state index contributed by atoms with van der Waals surface area (Å²) in [5.41, 5.74) is 5.91. The number of non-ortho nitro benzene ring substituents is 1. The molecule has 19 heavy (non-hydrogen) atoms. The van der Waals surface area contributed by atoms with E-state index >= 15 is 0 Å². The van der Waals surface area contributed by atoms with Crippen molar-refractivity contribution in [3.8, 4) is 0 Å². The second kappa shape index (κ2) is 5.66. The fourth-order valence-electron chi connectivity index (χ4n) is 1.96. The minimum Gasteiger partial charge on any atom is -0.398 e. The van der Waals surface area contributed by atoms with E-state index in [4.69, 9.17) is 10.5 Å². The summed E-state index contributed by atoms with van der Waals surface area (Å²) >= 11 is 0. The van der Waals surface area contributed by atoms with Gasteiger partial charge in [0.25, 0.3) is 11.6 Å². The van der Waals surface area contributed by atoms with E-state index in [9.17, 15) is 14.9 Å². The van der Waals surface area contributed by atoms with E-state index < -0.39 is 4.92 Å². The lowest BCUT2D eigenvalue weighted by Gasteiger charge is -2.23. The molecule has 102 valence electrons. The van der Waals surface area contributed by atoms with E-state index in [1.165, 1.54) is 18.2 Å². The summed E-state index contributed by atoms with van der Waals surface area (Å²) < 4.78 is 5.20. The number of rotatable bonds is 3. The number of nitrogen functional groups attached to an aromatic ring is 1. The second-order valence-electron chi connectivity index (χ2n) is 4.39.